The van der Waals surface area contributed by atoms with E-state index < -0.39 is 0 Å². The van der Waals surface area contributed by atoms with Crippen LogP contribution in [0.25, 0.3) is 16.4 Å². The van der Waals surface area contributed by atoms with E-state index in [0.717, 1.165) is 27.7 Å². The van der Waals surface area contributed by atoms with E-state index in [0.29, 0.717) is 30.5 Å². The molecule has 3 N–H and O–H groups in total. The van der Waals surface area contributed by atoms with Gasteiger partial charge in [-0.2, -0.15) is 5.10 Å². The van der Waals surface area contributed by atoms with Gasteiger partial charge in [0.25, 0.3) is 0 Å². The van der Waals surface area contributed by atoms with Crippen molar-refractivity contribution in [1.29, 1.82) is 0 Å². The summed E-state index contributed by atoms with van der Waals surface area (Å²) in [5.74, 6) is 1.82. The quantitative estimate of drug-likeness (QED) is 0.423. The Kier molecular flexibility index (Phi) is 5.03. The third kappa shape index (κ3) is 3.78. The maximum absolute atomic E-state index is 6.05. The summed E-state index contributed by atoms with van der Waals surface area (Å²) in [4.78, 5) is 8.75. The maximum Gasteiger partial charge on any atom is 0.152 e. The third-order valence-electron chi connectivity index (χ3n) is 5.59. The first kappa shape index (κ1) is 19.7. The number of anilines is 2. The molecule has 5 aromatic rings. The highest BCUT2D eigenvalue weighted by Crippen LogP contribution is 2.28. The van der Waals surface area contributed by atoms with Gasteiger partial charge in [0.05, 0.1) is 11.9 Å². The molecule has 160 valence electrons. The summed E-state index contributed by atoms with van der Waals surface area (Å²) in [6.07, 6.45) is 7.26. The molecule has 8 heteroatoms. The summed E-state index contributed by atoms with van der Waals surface area (Å²) >= 11 is 0. The summed E-state index contributed by atoms with van der Waals surface area (Å²) < 4.78 is 7.86. The van der Waals surface area contributed by atoms with Crippen LogP contribution in [-0.4, -0.2) is 24.6 Å². The Bertz CT molecular complexity index is 1390. The molecule has 1 aromatic carbocycles. The van der Waals surface area contributed by atoms with Gasteiger partial charge in [0.15, 0.2) is 5.82 Å². The van der Waals surface area contributed by atoms with Crippen LogP contribution in [0.5, 0.6) is 5.75 Å². The smallest absolute Gasteiger partial charge is 0.152 e. The van der Waals surface area contributed by atoms with Crippen LogP contribution in [0.1, 0.15) is 22.4 Å². The molecule has 8 nitrogen and oxygen atoms in total. The lowest BCUT2D eigenvalue weighted by Gasteiger charge is -2.15. The largest absolute Gasteiger partial charge is 0.485 e. The lowest BCUT2D eigenvalue weighted by Crippen LogP contribution is -2.07. The highest BCUT2D eigenvalue weighted by molar-refractivity contribution is 5.94. The number of nitrogens with zero attached hydrogens (tertiary/aromatic N) is 5. The minimum atomic E-state index is 0.352. The first-order valence-electron chi connectivity index (χ1n) is 10.3. The predicted octanol–water partition coefficient (Wildman–Crippen LogP) is 4.06. The summed E-state index contributed by atoms with van der Waals surface area (Å²) in [7, 11) is 0. The molecule has 0 fully saturated rings. The maximum atomic E-state index is 6.05. The zero-order valence-corrected chi connectivity index (χ0v) is 17.9. The van der Waals surface area contributed by atoms with Gasteiger partial charge in [-0.1, -0.05) is 6.07 Å². The fraction of sp³-hybridized carbons (Fsp3) is 0.167. The number of fused-ring (bicyclic) bond motifs is 2. The zero-order valence-electron chi connectivity index (χ0n) is 17.9. The third-order valence-corrected chi connectivity index (χ3v) is 5.59. The summed E-state index contributed by atoms with van der Waals surface area (Å²) in [5.41, 5.74) is 11.3. The number of aryl methyl sites for hydroxylation is 2. The number of benzene rings is 1. The van der Waals surface area contributed by atoms with Crippen molar-refractivity contribution in [1.82, 2.24) is 24.6 Å². The van der Waals surface area contributed by atoms with E-state index in [9.17, 15) is 0 Å². The molecule has 0 saturated carbocycles. The van der Waals surface area contributed by atoms with E-state index in [4.69, 9.17) is 10.5 Å². The number of rotatable bonds is 6. The second-order valence-electron chi connectivity index (χ2n) is 7.71. The molecule has 4 heterocycles. The number of hydrogen-bond donors (Lipinski definition) is 2. The number of hydrogen-bond acceptors (Lipinski definition) is 7. The lowest BCUT2D eigenvalue weighted by molar-refractivity contribution is 0.300. The number of ether oxygens (including phenoxy) is 1. The highest BCUT2D eigenvalue weighted by Gasteiger charge is 2.11. The van der Waals surface area contributed by atoms with Gasteiger partial charge in [-0.05, 0) is 60.2 Å². The zero-order chi connectivity index (χ0) is 22.1. The number of nitrogens with one attached hydrogen (secondary N) is 1. The van der Waals surface area contributed by atoms with Gasteiger partial charge < -0.3 is 20.2 Å². The van der Waals surface area contributed by atoms with E-state index in [1.54, 1.807) is 12.4 Å². The molecule has 0 radical (unpaired) electrons. The van der Waals surface area contributed by atoms with Crippen molar-refractivity contribution in [2.75, 3.05) is 11.1 Å². The molecule has 0 atom stereocenters. The van der Waals surface area contributed by atoms with Crippen LogP contribution in [-0.2, 0) is 13.2 Å². The van der Waals surface area contributed by atoms with Crippen LogP contribution in [0, 0.1) is 13.8 Å². The van der Waals surface area contributed by atoms with Crippen molar-refractivity contribution in [2.24, 2.45) is 0 Å². The fourth-order valence-corrected chi connectivity index (χ4v) is 3.91. The number of nitrogen functional groups attached to an aromatic ring is 1. The topological polar surface area (TPSA) is 103 Å². The van der Waals surface area contributed by atoms with Crippen LogP contribution >= 0.6 is 0 Å². The van der Waals surface area contributed by atoms with Crippen molar-refractivity contribution in [3.8, 4) is 5.75 Å². The molecule has 0 aliphatic rings. The van der Waals surface area contributed by atoms with Crippen LogP contribution in [0.3, 0.4) is 0 Å². The standard InChI is InChI=1S/C24H23N7O/c1-15-9-20-19(6-7-26-24(20)25)16(2)21(15)12-27-22-10-18(11-28-30-22)32-14-17-13-31-8-4-3-5-23(31)29-17/h3-11,13H,12,14H2,1-2H3,(H2,25,26)(H,27,30). The normalized spacial score (nSPS) is 11.2. The predicted molar refractivity (Wildman–Crippen MR) is 125 cm³/mol. The number of aromatic nitrogens is 5. The van der Waals surface area contributed by atoms with Crippen molar-refractivity contribution in [2.45, 2.75) is 27.0 Å². The molecule has 32 heavy (non-hydrogen) atoms. The molecule has 0 spiro atoms. The minimum absolute atomic E-state index is 0.352. The number of nitrogens with two attached hydrogens (primary N) is 1. The van der Waals surface area contributed by atoms with Crippen LogP contribution < -0.4 is 15.8 Å². The lowest BCUT2D eigenvalue weighted by atomic mass is 9.96. The van der Waals surface area contributed by atoms with Gasteiger partial charge in [0.2, 0.25) is 0 Å². The van der Waals surface area contributed by atoms with Crippen LogP contribution in [0.2, 0.25) is 0 Å². The summed E-state index contributed by atoms with van der Waals surface area (Å²) in [6.45, 7) is 5.15. The monoisotopic (exact) mass is 425 g/mol. The van der Waals surface area contributed by atoms with Crippen molar-refractivity contribution >= 4 is 28.1 Å². The van der Waals surface area contributed by atoms with Gasteiger partial charge in [0.1, 0.15) is 23.8 Å². The van der Waals surface area contributed by atoms with E-state index in [1.165, 1.54) is 11.1 Å². The molecule has 0 bridgehead atoms. The second-order valence-corrected chi connectivity index (χ2v) is 7.71. The van der Waals surface area contributed by atoms with Crippen molar-refractivity contribution in [3.63, 3.8) is 0 Å². The van der Waals surface area contributed by atoms with E-state index in [2.05, 4.69) is 45.4 Å². The molecule has 4 aromatic heterocycles. The first-order chi connectivity index (χ1) is 15.6. The highest BCUT2D eigenvalue weighted by atomic mass is 16.5. The molecular weight excluding hydrogens is 402 g/mol. The minimum Gasteiger partial charge on any atom is -0.485 e. The molecule has 5 rings (SSSR count). The van der Waals surface area contributed by atoms with Gasteiger partial charge in [-0.15, -0.1) is 5.10 Å². The molecule has 0 unspecified atom stereocenters. The SMILES string of the molecule is Cc1cc2c(N)nccc2c(C)c1CNc1cc(OCc2cn3ccccc3n2)cnn1. The molecule has 0 aliphatic carbocycles. The fourth-order valence-electron chi connectivity index (χ4n) is 3.91. The Morgan fingerprint density at radius 1 is 1.12 bits per heavy atom. The Hall–Kier alpha value is -4.20. The van der Waals surface area contributed by atoms with E-state index in [-0.39, 0.29) is 0 Å². The summed E-state index contributed by atoms with van der Waals surface area (Å²) in [6, 6.07) is 11.8. The van der Waals surface area contributed by atoms with E-state index in [1.807, 2.05) is 47.1 Å². The van der Waals surface area contributed by atoms with Crippen molar-refractivity contribution in [3.05, 3.63) is 83.6 Å². The Balaban J connectivity index is 1.30. The molecule has 0 amide bonds. The van der Waals surface area contributed by atoms with Gasteiger partial charge in [0, 0.05) is 36.6 Å². The van der Waals surface area contributed by atoms with Crippen molar-refractivity contribution < 1.29 is 4.74 Å². The molecule has 0 saturated heterocycles. The van der Waals surface area contributed by atoms with Gasteiger partial charge >= 0.3 is 0 Å². The molecular formula is C24H23N7O. The Morgan fingerprint density at radius 2 is 2.03 bits per heavy atom. The molecule has 0 aliphatic heterocycles. The Morgan fingerprint density at radius 3 is 2.91 bits per heavy atom. The first-order valence-corrected chi connectivity index (χ1v) is 10.3. The number of imidazole rings is 1. The summed E-state index contributed by atoms with van der Waals surface area (Å²) in [5, 5.41) is 13.7. The average Bonchev–Trinajstić information content (AvgIpc) is 3.22. The number of pyridine rings is 2. The van der Waals surface area contributed by atoms with Gasteiger partial charge in [-0.25, -0.2) is 9.97 Å². The van der Waals surface area contributed by atoms with Crippen LogP contribution in [0.4, 0.5) is 11.6 Å². The van der Waals surface area contributed by atoms with Gasteiger partial charge in [-0.3, -0.25) is 0 Å². The Labute approximate surface area is 185 Å². The van der Waals surface area contributed by atoms with Crippen LogP contribution in [0.15, 0.2) is 61.2 Å². The average molecular weight is 425 g/mol. The van der Waals surface area contributed by atoms with E-state index >= 15 is 0 Å². The second kappa shape index (κ2) is 8.14.